The minimum atomic E-state index is -0.228. The number of anilines is 1. The maximum atomic E-state index is 14.0. The molecule has 3 rings (SSSR count). The summed E-state index contributed by atoms with van der Waals surface area (Å²) in [5.41, 5.74) is 1.58. The van der Waals surface area contributed by atoms with Crippen LogP contribution in [0.2, 0.25) is 0 Å². The largest absolute Gasteiger partial charge is 0.322 e. The first-order valence-corrected chi connectivity index (χ1v) is 6.87. The summed E-state index contributed by atoms with van der Waals surface area (Å²) in [6.45, 7) is 1.40. The van der Waals surface area contributed by atoms with Crippen molar-refractivity contribution in [3.63, 3.8) is 0 Å². The number of nitrogens with zero attached hydrogens (tertiary/aromatic N) is 2. The normalized spacial score (nSPS) is 14.6. The van der Waals surface area contributed by atoms with Crippen LogP contribution in [0.5, 0.6) is 0 Å². The number of rotatable bonds is 2. The van der Waals surface area contributed by atoms with E-state index in [0.717, 1.165) is 15.9 Å². The first-order valence-electron chi connectivity index (χ1n) is 6.08. The summed E-state index contributed by atoms with van der Waals surface area (Å²) in [6.07, 6.45) is 0. The van der Waals surface area contributed by atoms with Gasteiger partial charge in [0.05, 0.1) is 12.2 Å². The highest BCUT2D eigenvalue weighted by Crippen LogP contribution is 2.27. The van der Waals surface area contributed by atoms with Crippen LogP contribution in [0.4, 0.5) is 10.1 Å². The summed E-state index contributed by atoms with van der Waals surface area (Å²) < 4.78 is 14.9. The van der Waals surface area contributed by atoms with Gasteiger partial charge in [-0.05, 0) is 18.2 Å². The summed E-state index contributed by atoms with van der Waals surface area (Å²) in [7, 11) is 0. The summed E-state index contributed by atoms with van der Waals surface area (Å²) in [5, 5.41) is 0. The van der Waals surface area contributed by atoms with Crippen LogP contribution in [0.3, 0.4) is 0 Å². The Morgan fingerprint density at radius 3 is 2.68 bits per heavy atom. The molecule has 0 unspecified atom stereocenters. The summed E-state index contributed by atoms with van der Waals surface area (Å²) >= 11 is 3.39. The molecule has 96 valence electrons. The Bertz CT molecular complexity index is 625. The quantitative estimate of drug-likeness (QED) is 0.821. The number of halogens is 2. The molecule has 2 nitrogen and oxygen atoms in total. The van der Waals surface area contributed by atoms with Crippen LogP contribution in [0.1, 0.15) is 5.56 Å². The third-order valence-corrected chi connectivity index (χ3v) is 3.57. The average molecular weight is 319 g/mol. The van der Waals surface area contributed by atoms with Gasteiger partial charge in [0.15, 0.2) is 0 Å². The maximum absolute atomic E-state index is 14.0. The zero-order valence-electron chi connectivity index (χ0n) is 10.2. The van der Waals surface area contributed by atoms with Gasteiger partial charge in [0.1, 0.15) is 11.7 Å². The van der Waals surface area contributed by atoms with Crippen molar-refractivity contribution in [3.8, 4) is 0 Å². The molecule has 0 atom stereocenters. The molecule has 2 aromatic rings. The lowest BCUT2D eigenvalue weighted by atomic mass is 10.2. The standard InChI is InChI=1S/C15H12BrFN2/c16-12-6-7-13(17)14(10-12)19-9-8-18-15(19)11-4-2-1-3-5-11/h1-7,10H,8-9H2. The fraction of sp³-hybridized carbons (Fsp3) is 0.133. The van der Waals surface area contributed by atoms with Gasteiger partial charge < -0.3 is 4.90 Å². The van der Waals surface area contributed by atoms with Gasteiger partial charge in [0, 0.05) is 16.6 Å². The lowest BCUT2D eigenvalue weighted by molar-refractivity contribution is 0.627. The minimum absolute atomic E-state index is 0.228. The van der Waals surface area contributed by atoms with Crippen molar-refractivity contribution >= 4 is 27.5 Å². The molecule has 1 aliphatic rings. The zero-order valence-corrected chi connectivity index (χ0v) is 11.8. The highest BCUT2D eigenvalue weighted by molar-refractivity contribution is 9.10. The summed E-state index contributed by atoms with van der Waals surface area (Å²) in [6, 6.07) is 14.8. The van der Waals surface area contributed by atoms with Gasteiger partial charge in [0.2, 0.25) is 0 Å². The molecule has 0 fully saturated rings. The zero-order chi connectivity index (χ0) is 13.2. The SMILES string of the molecule is Fc1ccc(Br)cc1N1CCN=C1c1ccccc1. The highest BCUT2D eigenvalue weighted by atomic mass is 79.9. The first kappa shape index (κ1) is 12.4. The Labute approximate surface area is 119 Å². The molecule has 0 spiro atoms. The number of aliphatic imine (C=N–C) groups is 1. The van der Waals surface area contributed by atoms with E-state index in [1.807, 2.05) is 35.2 Å². The van der Waals surface area contributed by atoms with Crippen LogP contribution in [0, 0.1) is 5.82 Å². The van der Waals surface area contributed by atoms with E-state index in [1.165, 1.54) is 6.07 Å². The Morgan fingerprint density at radius 2 is 1.89 bits per heavy atom. The van der Waals surface area contributed by atoms with Crippen LogP contribution >= 0.6 is 15.9 Å². The predicted octanol–water partition coefficient (Wildman–Crippen LogP) is 3.86. The average Bonchev–Trinajstić information content (AvgIpc) is 2.91. The number of benzene rings is 2. The van der Waals surface area contributed by atoms with Crippen molar-refractivity contribution in [2.45, 2.75) is 0 Å². The number of amidine groups is 1. The van der Waals surface area contributed by atoms with E-state index in [2.05, 4.69) is 20.9 Å². The van der Waals surface area contributed by atoms with Crippen molar-refractivity contribution in [1.29, 1.82) is 0 Å². The van der Waals surface area contributed by atoms with Crippen LogP contribution in [-0.4, -0.2) is 18.9 Å². The van der Waals surface area contributed by atoms with Crippen molar-refractivity contribution < 1.29 is 4.39 Å². The minimum Gasteiger partial charge on any atom is -0.322 e. The molecule has 0 amide bonds. The fourth-order valence-electron chi connectivity index (χ4n) is 2.21. The molecule has 4 heteroatoms. The second-order valence-electron chi connectivity index (χ2n) is 4.32. The van der Waals surface area contributed by atoms with E-state index in [0.29, 0.717) is 18.8 Å². The summed E-state index contributed by atoms with van der Waals surface area (Å²) in [4.78, 5) is 6.42. The van der Waals surface area contributed by atoms with E-state index >= 15 is 0 Å². The van der Waals surface area contributed by atoms with Gasteiger partial charge in [-0.25, -0.2) is 4.39 Å². The lowest BCUT2D eigenvalue weighted by Gasteiger charge is -2.21. The third-order valence-electron chi connectivity index (χ3n) is 3.07. The van der Waals surface area contributed by atoms with Gasteiger partial charge in [-0.15, -0.1) is 0 Å². The van der Waals surface area contributed by atoms with Crippen molar-refractivity contribution in [2.75, 3.05) is 18.0 Å². The Hall–Kier alpha value is -1.68. The number of hydrogen-bond acceptors (Lipinski definition) is 2. The third kappa shape index (κ3) is 2.40. The van der Waals surface area contributed by atoms with Gasteiger partial charge >= 0.3 is 0 Å². The van der Waals surface area contributed by atoms with E-state index in [9.17, 15) is 4.39 Å². The van der Waals surface area contributed by atoms with E-state index in [1.54, 1.807) is 12.1 Å². The number of hydrogen-bond donors (Lipinski definition) is 0. The molecular weight excluding hydrogens is 307 g/mol. The van der Waals surface area contributed by atoms with Gasteiger partial charge in [-0.1, -0.05) is 46.3 Å². The van der Waals surface area contributed by atoms with Gasteiger partial charge in [0.25, 0.3) is 0 Å². The predicted molar refractivity (Wildman–Crippen MR) is 79.3 cm³/mol. The molecule has 0 aromatic heterocycles. The first-order chi connectivity index (χ1) is 9.25. The van der Waals surface area contributed by atoms with Crippen LogP contribution in [0.15, 0.2) is 58.0 Å². The van der Waals surface area contributed by atoms with Gasteiger partial charge in [-0.3, -0.25) is 4.99 Å². The van der Waals surface area contributed by atoms with E-state index < -0.39 is 0 Å². The van der Waals surface area contributed by atoms with Crippen LogP contribution < -0.4 is 4.90 Å². The van der Waals surface area contributed by atoms with Gasteiger partial charge in [-0.2, -0.15) is 0 Å². The Morgan fingerprint density at radius 1 is 1.11 bits per heavy atom. The molecule has 1 heterocycles. The monoisotopic (exact) mass is 318 g/mol. The van der Waals surface area contributed by atoms with Crippen molar-refractivity contribution in [2.24, 2.45) is 4.99 Å². The Balaban J connectivity index is 2.02. The molecule has 0 N–H and O–H groups in total. The molecule has 0 bridgehead atoms. The molecule has 19 heavy (non-hydrogen) atoms. The molecule has 0 radical (unpaired) electrons. The molecule has 1 aliphatic heterocycles. The Kier molecular flexibility index (Phi) is 3.34. The molecular formula is C15H12BrFN2. The molecule has 2 aromatic carbocycles. The molecule has 0 aliphatic carbocycles. The van der Waals surface area contributed by atoms with Crippen LogP contribution in [0.25, 0.3) is 0 Å². The van der Waals surface area contributed by atoms with E-state index in [-0.39, 0.29) is 5.82 Å². The van der Waals surface area contributed by atoms with Crippen LogP contribution in [-0.2, 0) is 0 Å². The highest BCUT2D eigenvalue weighted by Gasteiger charge is 2.22. The molecule has 0 saturated carbocycles. The van der Waals surface area contributed by atoms with Crippen molar-refractivity contribution in [1.82, 2.24) is 0 Å². The fourth-order valence-corrected chi connectivity index (χ4v) is 2.56. The second-order valence-corrected chi connectivity index (χ2v) is 5.23. The topological polar surface area (TPSA) is 15.6 Å². The smallest absolute Gasteiger partial charge is 0.146 e. The van der Waals surface area contributed by atoms with Crippen molar-refractivity contribution in [3.05, 3.63) is 64.4 Å². The molecule has 0 saturated heterocycles. The lowest BCUT2D eigenvalue weighted by Crippen LogP contribution is -2.28. The second kappa shape index (κ2) is 5.13. The summed E-state index contributed by atoms with van der Waals surface area (Å²) in [5.74, 6) is 0.603. The maximum Gasteiger partial charge on any atom is 0.146 e. The van der Waals surface area contributed by atoms with E-state index in [4.69, 9.17) is 0 Å².